The number of fused-ring (bicyclic) bond motifs is 1. The van der Waals surface area contributed by atoms with Gasteiger partial charge in [0.15, 0.2) is 5.84 Å². The Morgan fingerprint density at radius 1 is 1.41 bits per heavy atom. The minimum Gasteiger partial charge on any atom is -0.352 e. The molecule has 0 saturated heterocycles. The van der Waals surface area contributed by atoms with Gasteiger partial charge in [0.05, 0.1) is 13.0 Å². The van der Waals surface area contributed by atoms with Crippen molar-refractivity contribution in [2.45, 2.75) is 38.1 Å². The molecule has 1 aromatic rings. The number of amidine groups is 1. The van der Waals surface area contributed by atoms with Crippen molar-refractivity contribution in [3.8, 4) is 0 Å². The zero-order chi connectivity index (χ0) is 12.0. The fraction of sp³-hybridized carbons (Fsp3) is 0.667. The highest BCUT2D eigenvalue weighted by atomic mass is 15.4. The van der Waals surface area contributed by atoms with Crippen molar-refractivity contribution >= 4 is 11.7 Å². The molecule has 0 bridgehead atoms. The minimum atomic E-state index is 0.138. The molecule has 0 radical (unpaired) electrons. The lowest BCUT2D eigenvalue weighted by Crippen LogP contribution is -2.52. The molecule has 2 aliphatic rings. The second-order valence-corrected chi connectivity index (χ2v) is 5.37. The molecule has 0 unspecified atom stereocenters. The van der Waals surface area contributed by atoms with Crippen LogP contribution < -0.4 is 5.32 Å². The van der Waals surface area contributed by atoms with Crippen molar-refractivity contribution in [1.82, 2.24) is 14.5 Å². The molecule has 1 aromatic heterocycles. The molecule has 1 saturated carbocycles. The van der Waals surface area contributed by atoms with Gasteiger partial charge < -0.3 is 14.8 Å². The number of aromatic nitrogens is 2. The van der Waals surface area contributed by atoms with Gasteiger partial charge in [-0.3, -0.25) is 5.41 Å². The molecule has 0 amide bonds. The highest BCUT2D eigenvalue weighted by Crippen LogP contribution is 2.37. The first kappa shape index (κ1) is 10.6. The summed E-state index contributed by atoms with van der Waals surface area (Å²) in [5, 5.41) is 11.7. The normalized spacial score (nSPS) is 22.5. The summed E-state index contributed by atoms with van der Waals surface area (Å²) in [6.45, 7) is 2.99. The number of hydrogen-bond acceptors (Lipinski definition) is 3. The summed E-state index contributed by atoms with van der Waals surface area (Å²) in [5.41, 5.74) is 0.922. The monoisotopic (exact) mass is 233 g/mol. The second kappa shape index (κ2) is 3.48. The van der Waals surface area contributed by atoms with E-state index >= 15 is 0 Å². The number of imidazole rings is 1. The van der Waals surface area contributed by atoms with E-state index in [-0.39, 0.29) is 5.54 Å². The number of rotatable bonds is 1. The van der Waals surface area contributed by atoms with E-state index in [2.05, 4.69) is 22.1 Å². The minimum absolute atomic E-state index is 0.138. The number of aryl methyl sites for hydroxylation is 1. The molecule has 3 rings (SSSR count). The molecule has 1 aliphatic heterocycles. The standard InChI is InChI=1S/C12H19N5/c1-12(5-3-4-6-12)17-8-15-11-9(10(17)13)14-7-16(11)2/h7,13,15H,3-6,8H2,1-2H3. The first-order chi connectivity index (χ1) is 8.12. The molecule has 0 aromatic carbocycles. The summed E-state index contributed by atoms with van der Waals surface area (Å²) >= 11 is 0. The molecule has 92 valence electrons. The molecule has 0 spiro atoms. The van der Waals surface area contributed by atoms with Crippen molar-refractivity contribution in [1.29, 1.82) is 5.41 Å². The zero-order valence-corrected chi connectivity index (χ0v) is 10.5. The van der Waals surface area contributed by atoms with Crippen LogP contribution in [0.2, 0.25) is 0 Å². The Hall–Kier alpha value is -1.52. The predicted octanol–water partition coefficient (Wildman–Crippen LogP) is 1.76. The van der Waals surface area contributed by atoms with Crippen molar-refractivity contribution < 1.29 is 0 Å². The maximum atomic E-state index is 8.34. The summed E-state index contributed by atoms with van der Waals surface area (Å²) in [5.74, 6) is 1.54. The van der Waals surface area contributed by atoms with E-state index in [4.69, 9.17) is 5.41 Å². The Balaban J connectivity index is 1.94. The molecule has 17 heavy (non-hydrogen) atoms. The van der Waals surface area contributed by atoms with Gasteiger partial charge in [-0.15, -0.1) is 0 Å². The van der Waals surface area contributed by atoms with Crippen LogP contribution in [0.5, 0.6) is 0 Å². The Morgan fingerprint density at radius 2 is 2.12 bits per heavy atom. The van der Waals surface area contributed by atoms with Gasteiger partial charge in [-0.25, -0.2) is 4.98 Å². The third-order valence-corrected chi connectivity index (χ3v) is 4.17. The molecule has 2 heterocycles. The van der Waals surface area contributed by atoms with E-state index in [0.717, 1.165) is 18.2 Å². The van der Waals surface area contributed by atoms with E-state index < -0.39 is 0 Å². The fourth-order valence-corrected chi connectivity index (χ4v) is 3.04. The lowest BCUT2D eigenvalue weighted by Gasteiger charge is -2.42. The third kappa shape index (κ3) is 1.45. The van der Waals surface area contributed by atoms with Crippen molar-refractivity contribution in [2.75, 3.05) is 12.0 Å². The number of nitrogens with zero attached hydrogens (tertiary/aromatic N) is 3. The number of hydrogen-bond donors (Lipinski definition) is 2. The highest BCUT2D eigenvalue weighted by molar-refractivity contribution is 6.01. The van der Waals surface area contributed by atoms with E-state index in [0.29, 0.717) is 5.84 Å². The van der Waals surface area contributed by atoms with E-state index in [1.807, 2.05) is 11.6 Å². The van der Waals surface area contributed by atoms with Crippen LogP contribution in [0.15, 0.2) is 6.33 Å². The first-order valence-corrected chi connectivity index (χ1v) is 6.23. The van der Waals surface area contributed by atoms with Gasteiger partial charge in [0.25, 0.3) is 0 Å². The maximum absolute atomic E-state index is 8.34. The summed E-state index contributed by atoms with van der Waals surface area (Å²) in [4.78, 5) is 6.50. The average molecular weight is 233 g/mol. The van der Waals surface area contributed by atoms with Crippen LogP contribution in [-0.4, -0.2) is 32.5 Å². The molecule has 5 heteroatoms. The largest absolute Gasteiger partial charge is 0.352 e. The van der Waals surface area contributed by atoms with Gasteiger partial charge in [-0.05, 0) is 19.8 Å². The lowest BCUT2D eigenvalue weighted by molar-refractivity contribution is 0.206. The Labute approximate surface area is 101 Å². The Bertz CT molecular complexity index is 455. The predicted molar refractivity (Wildman–Crippen MR) is 67.2 cm³/mol. The second-order valence-electron chi connectivity index (χ2n) is 5.37. The van der Waals surface area contributed by atoms with Gasteiger partial charge in [0.2, 0.25) is 0 Å². The van der Waals surface area contributed by atoms with E-state index in [1.165, 1.54) is 25.7 Å². The molecular formula is C12H19N5. The van der Waals surface area contributed by atoms with Crippen molar-refractivity contribution in [3.05, 3.63) is 12.0 Å². The summed E-state index contributed by atoms with van der Waals surface area (Å²) in [7, 11) is 1.96. The Morgan fingerprint density at radius 3 is 2.82 bits per heavy atom. The van der Waals surface area contributed by atoms with Crippen molar-refractivity contribution in [3.63, 3.8) is 0 Å². The summed E-state index contributed by atoms with van der Waals surface area (Å²) in [6, 6.07) is 0. The van der Waals surface area contributed by atoms with Crippen LogP contribution in [0.1, 0.15) is 38.3 Å². The zero-order valence-electron chi connectivity index (χ0n) is 10.5. The average Bonchev–Trinajstić information content (AvgIpc) is 2.88. The Kier molecular flexibility index (Phi) is 2.18. The van der Waals surface area contributed by atoms with Crippen LogP contribution in [0, 0.1) is 5.41 Å². The van der Waals surface area contributed by atoms with Gasteiger partial charge >= 0.3 is 0 Å². The maximum Gasteiger partial charge on any atom is 0.152 e. The molecule has 1 aliphatic carbocycles. The molecule has 2 N–H and O–H groups in total. The summed E-state index contributed by atoms with van der Waals surface area (Å²) < 4.78 is 1.94. The molecule has 1 fully saturated rings. The molecule has 0 atom stereocenters. The van der Waals surface area contributed by atoms with E-state index in [1.54, 1.807) is 6.33 Å². The van der Waals surface area contributed by atoms with Crippen molar-refractivity contribution in [2.24, 2.45) is 7.05 Å². The van der Waals surface area contributed by atoms with Gasteiger partial charge in [0, 0.05) is 12.6 Å². The molecule has 5 nitrogen and oxygen atoms in total. The van der Waals surface area contributed by atoms with Gasteiger partial charge in [0.1, 0.15) is 11.5 Å². The van der Waals surface area contributed by atoms with Crippen LogP contribution in [0.4, 0.5) is 5.82 Å². The number of anilines is 1. The molecular weight excluding hydrogens is 214 g/mol. The number of nitrogens with one attached hydrogen (secondary N) is 2. The first-order valence-electron chi connectivity index (χ1n) is 6.23. The van der Waals surface area contributed by atoms with Gasteiger partial charge in [-0.1, -0.05) is 12.8 Å². The fourth-order valence-electron chi connectivity index (χ4n) is 3.04. The van der Waals surface area contributed by atoms with Crippen LogP contribution in [-0.2, 0) is 7.05 Å². The van der Waals surface area contributed by atoms with Crippen LogP contribution in [0.25, 0.3) is 0 Å². The smallest absolute Gasteiger partial charge is 0.152 e. The van der Waals surface area contributed by atoms with Crippen LogP contribution >= 0.6 is 0 Å². The van der Waals surface area contributed by atoms with Crippen LogP contribution in [0.3, 0.4) is 0 Å². The highest BCUT2D eigenvalue weighted by Gasteiger charge is 2.39. The third-order valence-electron chi connectivity index (χ3n) is 4.17. The summed E-state index contributed by atoms with van der Waals surface area (Å²) in [6.07, 6.45) is 6.68. The SMILES string of the molecule is Cn1cnc2c1NCN(C1(C)CCCC1)C2=N. The lowest BCUT2D eigenvalue weighted by atomic mass is 9.97. The topological polar surface area (TPSA) is 56.9 Å². The van der Waals surface area contributed by atoms with Gasteiger partial charge in [-0.2, -0.15) is 0 Å². The quantitative estimate of drug-likeness (QED) is 0.777. The van der Waals surface area contributed by atoms with E-state index in [9.17, 15) is 0 Å².